The number of oxime groups is 1. The third kappa shape index (κ3) is 3.86. The predicted octanol–water partition coefficient (Wildman–Crippen LogP) is 1.01. The number of hydrogen-bond donors (Lipinski definition) is 1. The summed E-state index contributed by atoms with van der Waals surface area (Å²) in [6.07, 6.45) is 7.20. The predicted molar refractivity (Wildman–Crippen MR) is 68.5 cm³/mol. The van der Waals surface area contributed by atoms with Crippen LogP contribution in [0.4, 0.5) is 0 Å². The van der Waals surface area contributed by atoms with Crippen molar-refractivity contribution in [1.29, 1.82) is 0 Å². The van der Waals surface area contributed by atoms with Gasteiger partial charge in [-0.25, -0.2) is 0 Å². The molecule has 1 N–H and O–H groups in total. The van der Waals surface area contributed by atoms with Gasteiger partial charge in [0.1, 0.15) is 6.21 Å². The van der Waals surface area contributed by atoms with Crippen LogP contribution < -0.4 is 9.13 Å². The van der Waals surface area contributed by atoms with Crippen molar-refractivity contribution in [3.63, 3.8) is 0 Å². The first-order valence-corrected chi connectivity index (χ1v) is 5.99. The van der Waals surface area contributed by atoms with Crippen LogP contribution >= 0.6 is 0 Å². The highest BCUT2D eigenvalue weighted by molar-refractivity contribution is 5.74. The fourth-order valence-electron chi connectivity index (χ4n) is 1.65. The maximum Gasteiger partial charge on any atom is 0.258 e. The molecule has 2 aromatic rings. The molecule has 2 rings (SSSR count). The number of aromatic nitrogens is 2. The van der Waals surface area contributed by atoms with E-state index >= 15 is 0 Å². The zero-order valence-electron chi connectivity index (χ0n) is 10.8. The normalized spacial score (nSPS) is 11.0. The zero-order chi connectivity index (χ0) is 13.5. The summed E-state index contributed by atoms with van der Waals surface area (Å²) in [6, 6.07) is 9.69. The van der Waals surface area contributed by atoms with Gasteiger partial charge in [0.15, 0.2) is 18.6 Å². The van der Waals surface area contributed by atoms with Crippen LogP contribution in [0, 0.1) is 6.92 Å². The van der Waals surface area contributed by atoms with Gasteiger partial charge in [0, 0.05) is 24.3 Å². The monoisotopic (exact) mass is 259 g/mol. The van der Waals surface area contributed by atoms with Gasteiger partial charge in [0.05, 0.1) is 0 Å². The van der Waals surface area contributed by atoms with E-state index in [-0.39, 0.29) is 0 Å². The molecule has 0 unspecified atom stereocenters. The number of nitrogens with zero attached hydrogens (tertiary/aromatic N) is 3. The molecule has 0 atom stereocenters. The van der Waals surface area contributed by atoms with E-state index in [0.29, 0.717) is 13.5 Å². The van der Waals surface area contributed by atoms with E-state index in [0.717, 1.165) is 5.69 Å². The Hall–Kier alpha value is -2.27. The average molecular weight is 259 g/mol. The van der Waals surface area contributed by atoms with Crippen LogP contribution in [0.15, 0.2) is 54.1 Å². The van der Waals surface area contributed by atoms with E-state index in [1.54, 1.807) is 0 Å². The first-order chi connectivity index (χ1) is 9.29. The summed E-state index contributed by atoms with van der Waals surface area (Å²) in [6.45, 7) is 2.91. The second kappa shape index (κ2) is 6.61. The summed E-state index contributed by atoms with van der Waals surface area (Å²) in [4.78, 5) is 0. The minimum Gasteiger partial charge on any atom is -0.411 e. The lowest BCUT2D eigenvalue weighted by Crippen LogP contribution is -2.42. The molecule has 2 heterocycles. The van der Waals surface area contributed by atoms with Crippen molar-refractivity contribution >= 4 is 6.21 Å². The zero-order valence-corrected chi connectivity index (χ0v) is 10.8. The Morgan fingerprint density at radius 2 is 1.95 bits per heavy atom. The molecule has 0 saturated carbocycles. The molecule has 0 amide bonds. The molecule has 0 aromatic carbocycles. The van der Waals surface area contributed by atoms with Crippen molar-refractivity contribution in [3.05, 3.63) is 60.2 Å². The van der Waals surface area contributed by atoms with Gasteiger partial charge in [-0.3, -0.25) is 4.74 Å². The lowest BCUT2D eigenvalue weighted by atomic mass is 10.3. The second-order valence-electron chi connectivity index (χ2n) is 4.19. The third-order valence-electron chi connectivity index (χ3n) is 2.69. The minimum atomic E-state index is 0.392. The number of aryl methyl sites for hydroxylation is 1. The van der Waals surface area contributed by atoms with Crippen LogP contribution in [0.25, 0.3) is 0 Å². The van der Waals surface area contributed by atoms with Gasteiger partial charge in [-0.05, 0) is 18.6 Å². The summed E-state index contributed by atoms with van der Waals surface area (Å²) >= 11 is 0. The van der Waals surface area contributed by atoms with E-state index in [4.69, 9.17) is 9.94 Å². The van der Waals surface area contributed by atoms with Crippen molar-refractivity contribution in [3.8, 4) is 0 Å². The molecular formula is C14H17N3O2+2. The topological polar surface area (TPSA) is 49.6 Å². The largest absolute Gasteiger partial charge is 0.411 e. The molecule has 0 aliphatic heterocycles. The maximum atomic E-state index is 8.58. The van der Waals surface area contributed by atoms with Gasteiger partial charge in [-0.1, -0.05) is 5.16 Å². The SMILES string of the molecule is Cc1cc[n+](COC[n+]2ccccc2/C=N/O)cc1. The summed E-state index contributed by atoms with van der Waals surface area (Å²) in [5.41, 5.74) is 1.99. The molecule has 98 valence electrons. The summed E-state index contributed by atoms with van der Waals surface area (Å²) in [5.74, 6) is 0. The van der Waals surface area contributed by atoms with Gasteiger partial charge < -0.3 is 5.21 Å². The van der Waals surface area contributed by atoms with E-state index in [1.807, 2.05) is 65.0 Å². The highest BCUT2D eigenvalue weighted by atomic mass is 16.5. The molecular weight excluding hydrogens is 242 g/mol. The number of rotatable bonds is 5. The second-order valence-corrected chi connectivity index (χ2v) is 4.19. The Bertz CT molecular complexity index is 553. The van der Waals surface area contributed by atoms with Crippen LogP contribution in [0.1, 0.15) is 11.3 Å². The molecule has 0 spiro atoms. The highest BCUT2D eigenvalue weighted by Gasteiger charge is 2.08. The molecule has 5 nitrogen and oxygen atoms in total. The molecule has 0 fully saturated rings. The average Bonchev–Trinajstić information content (AvgIpc) is 2.43. The fraction of sp³-hybridized carbons (Fsp3) is 0.214. The highest BCUT2D eigenvalue weighted by Crippen LogP contribution is 1.91. The van der Waals surface area contributed by atoms with Crippen molar-refractivity contribution < 1.29 is 19.1 Å². The number of hydrogen-bond acceptors (Lipinski definition) is 3. The van der Waals surface area contributed by atoms with Crippen LogP contribution in [0.2, 0.25) is 0 Å². The van der Waals surface area contributed by atoms with E-state index < -0.39 is 0 Å². The first kappa shape index (κ1) is 13.2. The van der Waals surface area contributed by atoms with Crippen molar-refractivity contribution in [2.24, 2.45) is 5.16 Å². The Labute approximate surface area is 112 Å². The summed E-state index contributed by atoms with van der Waals surface area (Å²) in [5, 5.41) is 11.6. The molecule has 5 heteroatoms. The standard InChI is InChI=1S/C14H16N3O2/c1-13-5-8-16(9-6-13)11-19-12-17-7-3-2-4-14(17)10-15-18/h2-10H,11-12H2,1H3/q+1/p+1. The van der Waals surface area contributed by atoms with Crippen molar-refractivity contribution in [1.82, 2.24) is 0 Å². The molecule has 0 bridgehead atoms. The molecule has 0 aliphatic carbocycles. The van der Waals surface area contributed by atoms with E-state index in [1.165, 1.54) is 11.8 Å². The minimum absolute atomic E-state index is 0.392. The molecule has 19 heavy (non-hydrogen) atoms. The Balaban J connectivity index is 1.94. The van der Waals surface area contributed by atoms with E-state index in [9.17, 15) is 0 Å². The van der Waals surface area contributed by atoms with Gasteiger partial charge in [0.25, 0.3) is 13.5 Å². The smallest absolute Gasteiger partial charge is 0.258 e. The fourth-order valence-corrected chi connectivity index (χ4v) is 1.65. The Kier molecular flexibility index (Phi) is 4.58. The van der Waals surface area contributed by atoms with Crippen LogP contribution in [0.5, 0.6) is 0 Å². The third-order valence-corrected chi connectivity index (χ3v) is 2.69. The van der Waals surface area contributed by atoms with Crippen molar-refractivity contribution in [2.75, 3.05) is 0 Å². The quantitative estimate of drug-likeness (QED) is 0.377. The Morgan fingerprint density at radius 1 is 1.16 bits per heavy atom. The summed E-state index contributed by atoms with van der Waals surface area (Å²) < 4.78 is 9.43. The molecule has 0 aliphatic rings. The van der Waals surface area contributed by atoms with Gasteiger partial charge in [-0.15, -0.1) is 0 Å². The Morgan fingerprint density at radius 3 is 2.68 bits per heavy atom. The molecule has 0 radical (unpaired) electrons. The lowest BCUT2D eigenvalue weighted by molar-refractivity contribution is -0.788. The number of pyridine rings is 2. The van der Waals surface area contributed by atoms with Crippen LogP contribution in [-0.2, 0) is 18.2 Å². The van der Waals surface area contributed by atoms with Crippen molar-refractivity contribution in [2.45, 2.75) is 20.4 Å². The van der Waals surface area contributed by atoms with Gasteiger partial charge in [-0.2, -0.15) is 9.13 Å². The lowest BCUT2D eigenvalue weighted by Gasteiger charge is -2.00. The maximum absolute atomic E-state index is 8.58. The number of ether oxygens (including phenoxy) is 1. The van der Waals surface area contributed by atoms with E-state index in [2.05, 4.69) is 5.16 Å². The molecule has 2 aromatic heterocycles. The van der Waals surface area contributed by atoms with Gasteiger partial charge >= 0.3 is 0 Å². The van der Waals surface area contributed by atoms with Gasteiger partial charge in [0.2, 0.25) is 5.69 Å². The summed E-state index contributed by atoms with van der Waals surface area (Å²) in [7, 11) is 0. The van der Waals surface area contributed by atoms with Crippen LogP contribution in [0.3, 0.4) is 0 Å². The first-order valence-electron chi connectivity index (χ1n) is 5.99. The molecule has 0 saturated heterocycles. The van der Waals surface area contributed by atoms with Crippen LogP contribution in [-0.4, -0.2) is 11.4 Å².